The van der Waals surface area contributed by atoms with E-state index in [9.17, 15) is 28.8 Å². The van der Waals surface area contributed by atoms with Crippen LogP contribution in [0.2, 0.25) is 20.1 Å². The van der Waals surface area contributed by atoms with E-state index in [1.54, 1.807) is 71.0 Å². The molecule has 17 rings (SSSR count). The third-order valence-electron chi connectivity index (χ3n) is 21.9. The minimum Gasteiger partial charge on any atom is -0.497 e. The summed E-state index contributed by atoms with van der Waals surface area (Å²) in [5.41, 5.74) is 18.1. The van der Waals surface area contributed by atoms with Gasteiger partial charge < -0.3 is 61.9 Å². The first kappa shape index (κ1) is 92.9. The summed E-state index contributed by atoms with van der Waals surface area (Å²) in [5.74, 6) is 6.55. The lowest BCUT2D eigenvalue weighted by molar-refractivity contribution is -0.122. The predicted molar refractivity (Wildman–Crippen MR) is 502 cm³/mol. The first-order chi connectivity index (χ1) is 64.5. The summed E-state index contributed by atoms with van der Waals surface area (Å²) in [7, 11) is 6.43. The van der Waals surface area contributed by atoms with E-state index in [1.165, 1.54) is 17.1 Å². The Labute approximate surface area is 783 Å². The van der Waals surface area contributed by atoms with E-state index >= 15 is 0 Å². The Morgan fingerprint density at radius 2 is 0.594 bits per heavy atom. The third-order valence-corrected chi connectivity index (χ3v) is 22.9. The number of ether oxygens (including phenoxy) is 4. The topological polar surface area (TPSA) is 440 Å². The molecule has 0 saturated carbocycles. The zero-order chi connectivity index (χ0) is 93.5. The van der Waals surface area contributed by atoms with Crippen LogP contribution >= 0.6 is 46.4 Å². The number of benzene rings is 8. The molecule has 0 saturated heterocycles. The summed E-state index contributed by atoms with van der Waals surface area (Å²) in [6.07, 6.45) is 4.57. The zero-order valence-electron chi connectivity index (χ0n) is 73.4. The molecule has 4 aliphatic rings. The Kier molecular flexibility index (Phi) is 29.6. The van der Waals surface area contributed by atoms with Crippen LogP contribution in [0, 0.1) is 27.7 Å². The molecule has 7 amide bonds. The summed E-state index contributed by atoms with van der Waals surface area (Å²) in [4.78, 5) is 101. The molecule has 13 aromatic rings. The highest BCUT2D eigenvalue weighted by molar-refractivity contribution is 6.32. The number of nitrogens with zero attached hydrogens (tertiary/aromatic N) is 18. The van der Waals surface area contributed by atoms with Crippen molar-refractivity contribution in [2.45, 2.75) is 77.5 Å². The van der Waals surface area contributed by atoms with Gasteiger partial charge in [0.25, 0.3) is 0 Å². The molecule has 133 heavy (non-hydrogen) atoms. The number of nitrogens with two attached hydrogens (primary N) is 1. The van der Waals surface area contributed by atoms with Crippen LogP contribution in [0.1, 0.15) is 141 Å². The van der Waals surface area contributed by atoms with Gasteiger partial charge in [0.15, 0.2) is 23.3 Å². The van der Waals surface area contributed by atoms with Crippen LogP contribution in [0.25, 0.3) is 22.7 Å². The van der Waals surface area contributed by atoms with Crippen molar-refractivity contribution >= 4 is 105 Å². The fraction of sp³-hybridized carbons (Fsp3) is 0.258. The second-order valence-corrected chi connectivity index (χ2v) is 32.4. The second-order valence-electron chi connectivity index (χ2n) is 30.7. The molecule has 4 atom stereocenters. The molecule has 0 radical (unpaired) electrons. The Bertz CT molecular complexity index is 6420. The Morgan fingerprint density at radius 3 is 0.842 bits per heavy atom. The number of amides is 7. The van der Waals surface area contributed by atoms with E-state index < -0.39 is 30.2 Å². The van der Waals surface area contributed by atoms with Crippen molar-refractivity contribution < 1.29 is 47.7 Å². The molecule has 0 aliphatic carbocycles. The number of urea groups is 1. The van der Waals surface area contributed by atoms with Crippen molar-refractivity contribution in [1.29, 1.82) is 0 Å². The molecule has 0 bridgehead atoms. The number of aryl methyl sites for hydroxylation is 4. The van der Waals surface area contributed by atoms with E-state index in [0.717, 1.165) is 73.0 Å². The van der Waals surface area contributed by atoms with E-state index in [4.69, 9.17) is 91.1 Å². The number of rotatable bonds is 27. The largest absolute Gasteiger partial charge is 0.497 e. The fourth-order valence-corrected chi connectivity index (χ4v) is 16.1. The number of hydrogen-bond acceptors (Lipinski definition) is 24. The number of aromatic nitrogens is 14. The molecular weight excluding hydrogens is 1780 g/mol. The average molecular weight is 1880 g/mol. The number of imidazole rings is 1. The lowest BCUT2D eigenvalue weighted by Crippen LogP contribution is -2.43. The fourth-order valence-electron chi connectivity index (χ4n) is 15.6. The van der Waals surface area contributed by atoms with Crippen molar-refractivity contribution in [1.82, 2.24) is 106 Å². The van der Waals surface area contributed by atoms with Gasteiger partial charge in [-0.1, -0.05) is 94.9 Å². The number of hydrogen-bond donors (Lipinski definition) is 8. The summed E-state index contributed by atoms with van der Waals surface area (Å²) in [6.45, 7) is 9.34. The number of carbonyl (C=O) groups is 6. The number of halogens is 4. The lowest BCUT2D eigenvalue weighted by atomic mass is 10.00. The molecule has 1 unspecified atom stereocenters. The maximum absolute atomic E-state index is 13.4. The number of nitrogens with one attached hydrogen (secondary N) is 7. The van der Waals surface area contributed by atoms with Gasteiger partial charge in [-0.2, -0.15) is 0 Å². The zero-order valence-corrected chi connectivity index (χ0v) is 76.4. The molecule has 0 fully saturated rings. The van der Waals surface area contributed by atoms with E-state index in [2.05, 4.69) is 83.0 Å². The molecule has 9 N–H and O–H groups in total. The molecule has 8 aromatic carbocycles. The van der Waals surface area contributed by atoms with Gasteiger partial charge in [-0.25, -0.2) is 14.6 Å². The number of aliphatic imine (C=N–C) groups is 4. The smallest absolute Gasteiger partial charge is 0.326 e. The lowest BCUT2D eigenvalue weighted by Gasteiger charge is -2.14. The minimum absolute atomic E-state index is 0.0272. The molecule has 682 valence electrons. The summed E-state index contributed by atoms with van der Waals surface area (Å²) >= 11 is 24.7. The highest BCUT2D eigenvalue weighted by Gasteiger charge is 2.36. The van der Waals surface area contributed by atoms with Crippen LogP contribution in [0.15, 0.2) is 209 Å². The molecule has 4 aliphatic heterocycles. The highest BCUT2D eigenvalue weighted by Crippen LogP contribution is 2.41. The second kappa shape index (κ2) is 42.4. The maximum atomic E-state index is 13.4. The number of fused-ring (bicyclic) bond motifs is 12. The van der Waals surface area contributed by atoms with Gasteiger partial charge in [0.1, 0.15) is 76.8 Å². The number of carbonyl (C=O) groups excluding carboxylic acids is 6. The van der Waals surface area contributed by atoms with Crippen LogP contribution < -0.4 is 61.9 Å². The first-order valence-corrected chi connectivity index (χ1v) is 43.8. The van der Waals surface area contributed by atoms with Crippen molar-refractivity contribution in [3.05, 3.63) is 300 Å². The van der Waals surface area contributed by atoms with Gasteiger partial charge in [0, 0.05) is 129 Å². The summed E-state index contributed by atoms with van der Waals surface area (Å²) in [6, 6.07) is 49.1. The molecular formula is C93H92Cl4N26O10. The maximum Gasteiger partial charge on any atom is 0.326 e. The van der Waals surface area contributed by atoms with Crippen molar-refractivity contribution in [2.75, 3.05) is 80.8 Å². The van der Waals surface area contributed by atoms with Crippen molar-refractivity contribution in [3.8, 4) is 45.7 Å². The van der Waals surface area contributed by atoms with Crippen molar-refractivity contribution in [3.63, 3.8) is 0 Å². The Hall–Kier alpha value is -14.9. The monoisotopic (exact) mass is 1870 g/mol. The van der Waals surface area contributed by atoms with Gasteiger partial charge in [-0.3, -0.25) is 62.0 Å². The van der Waals surface area contributed by atoms with Crippen LogP contribution in [-0.4, -0.2) is 208 Å². The van der Waals surface area contributed by atoms with Gasteiger partial charge in [-0.15, -0.1) is 40.8 Å². The normalized spacial score (nSPS) is 14.6. The van der Waals surface area contributed by atoms with Crippen LogP contribution in [0.4, 0.5) is 9.59 Å². The van der Waals surface area contributed by atoms with E-state index in [-0.39, 0.29) is 94.6 Å². The molecule has 5 aromatic heterocycles. The molecule has 0 spiro atoms. The third kappa shape index (κ3) is 21.4. The predicted octanol–water partition coefficient (Wildman–Crippen LogP) is 11.3. The first-order valence-electron chi connectivity index (χ1n) is 42.3. The molecule has 9 heterocycles. The van der Waals surface area contributed by atoms with Gasteiger partial charge in [0.05, 0.1) is 99.7 Å². The van der Waals surface area contributed by atoms with Crippen molar-refractivity contribution in [2.24, 2.45) is 25.7 Å². The SMILES string of the molecule is COc1ccc2c(c1)C(c1ccc(Cl)cc1)=NC(CC(=O)NCCNC(=O)NCCNC(=O)C[C@@H]1N=C(c3ccc(Cl)cc3)c3cc(OC)ccc3-n3c(C)nnc31)c1nnc(C)n1-2.COc1ccc2c(c1)C(c1ccc(Cl)cc1)=N[C@@H](CC(=O)NCCN)c1nnc(C)n1-2.COc1ccc2c(c1)C(c1ccc(Cl)cc1)=N[C@@H](CC(=O)NCCNC(=O)n1ccnc1)c1nnc(C)n1-2. The average Bonchev–Trinajstić information content (AvgIpc) is 1.62. The van der Waals surface area contributed by atoms with Gasteiger partial charge >= 0.3 is 12.1 Å². The van der Waals surface area contributed by atoms with Crippen LogP contribution in [0.5, 0.6) is 23.0 Å². The summed E-state index contributed by atoms with van der Waals surface area (Å²) in [5, 5.41) is 56.8. The van der Waals surface area contributed by atoms with E-state index in [1.807, 2.05) is 179 Å². The van der Waals surface area contributed by atoms with E-state index in [0.29, 0.717) is 120 Å². The number of methoxy groups -OCH3 is 4. The van der Waals surface area contributed by atoms with Gasteiger partial charge in [-0.05, 0) is 149 Å². The molecule has 36 nitrogen and oxygen atoms in total. The van der Waals surface area contributed by atoms with Crippen LogP contribution in [0.3, 0.4) is 0 Å². The Balaban J connectivity index is 0.000000166. The highest BCUT2D eigenvalue weighted by atomic mass is 35.5. The quantitative estimate of drug-likeness (QED) is 0.0222. The molecule has 40 heteroatoms. The van der Waals surface area contributed by atoms with Gasteiger partial charge in [0.2, 0.25) is 23.6 Å². The Morgan fingerprint density at radius 1 is 0.338 bits per heavy atom. The minimum atomic E-state index is -0.681. The summed E-state index contributed by atoms with van der Waals surface area (Å²) < 4.78 is 31.1. The standard InChI is InChI=1S/C45H44Cl2N12O5.C26H25ClN8O3.C22H23ClN6O2/c1-25-54-56-43-35(52-41(27-5-9-29(46)10-6-27)33-21-31(63-3)13-15-37(33)58(25)43)23-39(60)48-17-19-50-45(62)51-20-18-49-40(61)24-36-44-57-55-26(2)59(44)38-16-14-32(64-4)22-34(38)42(53-36)28-7-11-30(47)12-8-28;1-16-32-33-25-21(14-23(36)29-9-10-30-26(37)34-12-11-28-15-34)31-24(17-3-5-18(27)6-4-17)20-13-19(38-2)7-8-22(20)35(16)25;1-13-27-28-22-18(12-20(30)25-10-9-24)26-21(14-3-5-15(23)6-4-14)17-11-16(31-2)7-8-19(17)29(13)22/h5-16,21-22,35-36H,17-20,23-24H2,1-4H3,(H,48,60)(H,49,61)(H2,50,51,62);3-8,11-13,15,21H,9-10,14H2,1-2H3,(H,29,36)(H,30,37);3-8,11,18H,9-10,12,24H2,1-2H3,(H,25,30)/t35-,36?;21-;18-/m000/s1. The van der Waals surface area contributed by atoms with Crippen LogP contribution in [-0.2, 0) is 19.2 Å².